The number of carboxylic acid groups (broad SMARTS) is 1. The first kappa shape index (κ1) is 16.3. The molecule has 1 aliphatic carbocycles. The third-order valence-corrected chi connectivity index (χ3v) is 5.25. The van der Waals surface area contributed by atoms with Crippen LogP contribution >= 0.6 is 27.5 Å². The highest BCUT2D eigenvalue weighted by atomic mass is 79.9. The molecule has 6 heteroatoms. The number of carbonyl (C=O) groups excluding carboxylic acids is 1. The van der Waals surface area contributed by atoms with Gasteiger partial charge < -0.3 is 10.4 Å². The maximum absolute atomic E-state index is 12.1. The molecule has 114 valence electrons. The van der Waals surface area contributed by atoms with Gasteiger partial charge in [0, 0.05) is 16.6 Å². The minimum atomic E-state index is -0.822. The number of carbonyl (C=O) groups is 2. The van der Waals surface area contributed by atoms with Gasteiger partial charge in [0.05, 0.1) is 10.4 Å². The fourth-order valence-electron chi connectivity index (χ4n) is 2.68. The van der Waals surface area contributed by atoms with E-state index in [2.05, 4.69) is 21.2 Å². The van der Waals surface area contributed by atoms with Crippen LogP contribution < -0.4 is 5.32 Å². The Kier molecular flexibility index (Phi) is 5.27. The first-order chi connectivity index (χ1) is 9.94. The fourth-order valence-corrected chi connectivity index (χ4v) is 3.18. The van der Waals surface area contributed by atoms with Crippen LogP contribution in [0.25, 0.3) is 0 Å². The standard InChI is InChI=1S/C15H17BrClNO3/c16-11-8-10(4-5-12(11)17)13(19)18-9-15(14(20)21)6-2-1-3-7-15/h4-5,8H,1-3,6-7,9H2,(H,18,19)(H,20,21). The van der Waals surface area contributed by atoms with Gasteiger partial charge in [0.25, 0.3) is 5.91 Å². The summed E-state index contributed by atoms with van der Waals surface area (Å²) in [7, 11) is 0. The molecule has 0 radical (unpaired) electrons. The van der Waals surface area contributed by atoms with Gasteiger partial charge >= 0.3 is 5.97 Å². The van der Waals surface area contributed by atoms with Crippen molar-refractivity contribution >= 4 is 39.4 Å². The van der Waals surface area contributed by atoms with Crippen molar-refractivity contribution in [2.45, 2.75) is 32.1 Å². The minimum absolute atomic E-state index is 0.168. The Morgan fingerprint density at radius 1 is 1.29 bits per heavy atom. The van der Waals surface area contributed by atoms with E-state index >= 15 is 0 Å². The SMILES string of the molecule is O=C(NCC1(C(=O)O)CCCCC1)c1ccc(Cl)c(Br)c1. The second kappa shape index (κ2) is 6.79. The van der Waals surface area contributed by atoms with E-state index in [0.717, 1.165) is 19.3 Å². The molecule has 0 spiro atoms. The number of nitrogens with one attached hydrogen (secondary N) is 1. The van der Waals surface area contributed by atoms with Crippen LogP contribution in [0.4, 0.5) is 0 Å². The normalized spacial score (nSPS) is 17.2. The summed E-state index contributed by atoms with van der Waals surface area (Å²) < 4.78 is 0.641. The number of halogens is 2. The van der Waals surface area contributed by atoms with Crippen molar-refractivity contribution in [3.05, 3.63) is 33.3 Å². The smallest absolute Gasteiger partial charge is 0.311 e. The lowest BCUT2D eigenvalue weighted by Gasteiger charge is -2.33. The topological polar surface area (TPSA) is 66.4 Å². The van der Waals surface area contributed by atoms with Crippen LogP contribution in [-0.2, 0) is 4.79 Å². The molecule has 0 heterocycles. The van der Waals surface area contributed by atoms with Gasteiger partial charge in [-0.3, -0.25) is 9.59 Å². The molecule has 0 bridgehead atoms. The van der Waals surface area contributed by atoms with Crippen molar-refractivity contribution in [2.75, 3.05) is 6.54 Å². The fraction of sp³-hybridized carbons (Fsp3) is 0.467. The molecule has 1 fully saturated rings. The monoisotopic (exact) mass is 373 g/mol. The van der Waals surface area contributed by atoms with E-state index in [1.807, 2.05) is 0 Å². The van der Waals surface area contributed by atoms with E-state index in [0.29, 0.717) is 27.9 Å². The van der Waals surface area contributed by atoms with Crippen LogP contribution in [0.3, 0.4) is 0 Å². The highest BCUT2D eigenvalue weighted by Gasteiger charge is 2.39. The third kappa shape index (κ3) is 3.77. The van der Waals surface area contributed by atoms with Crippen LogP contribution in [0.1, 0.15) is 42.5 Å². The second-order valence-corrected chi connectivity index (χ2v) is 6.72. The van der Waals surface area contributed by atoms with Crippen LogP contribution in [0.15, 0.2) is 22.7 Å². The van der Waals surface area contributed by atoms with Gasteiger partial charge in [-0.05, 0) is 47.0 Å². The Morgan fingerprint density at radius 3 is 2.52 bits per heavy atom. The Morgan fingerprint density at radius 2 is 1.95 bits per heavy atom. The molecular weight excluding hydrogens is 358 g/mol. The zero-order valence-electron chi connectivity index (χ0n) is 11.5. The highest BCUT2D eigenvalue weighted by Crippen LogP contribution is 2.36. The van der Waals surface area contributed by atoms with Gasteiger partial charge in [-0.2, -0.15) is 0 Å². The average Bonchev–Trinajstić information content (AvgIpc) is 2.48. The summed E-state index contributed by atoms with van der Waals surface area (Å²) in [6.07, 6.45) is 4.09. The number of aliphatic carboxylic acids is 1. The van der Waals surface area contributed by atoms with Crippen LogP contribution in [0, 0.1) is 5.41 Å². The average molecular weight is 375 g/mol. The van der Waals surface area contributed by atoms with Crippen molar-refractivity contribution in [3.8, 4) is 0 Å². The Bertz CT molecular complexity index is 556. The minimum Gasteiger partial charge on any atom is -0.481 e. The maximum Gasteiger partial charge on any atom is 0.311 e. The zero-order chi connectivity index (χ0) is 15.5. The van der Waals surface area contributed by atoms with Gasteiger partial charge in [0.2, 0.25) is 0 Å². The lowest BCUT2D eigenvalue weighted by molar-refractivity contribution is -0.150. The molecule has 21 heavy (non-hydrogen) atoms. The Balaban J connectivity index is 2.05. The molecule has 1 aromatic rings. The molecule has 2 N–H and O–H groups in total. The zero-order valence-corrected chi connectivity index (χ0v) is 13.8. The van der Waals surface area contributed by atoms with Gasteiger partial charge in [-0.25, -0.2) is 0 Å². The first-order valence-corrected chi connectivity index (χ1v) is 8.08. The lowest BCUT2D eigenvalue weighted by atomic mass is 9.74. The summed E-state index contributed by atoms with van der Waals surface area (Å²) in [5, 5.41) is 12.8. The number of benzene rings is 1. The molecule has 0 unspecified atom stereocenters. The number of amides is 1. The van der Waals surface area contributed by atoms with E-state index < -0.39 is 11.4 Å². The van der Waals surface area contributed by atoms with Crippen molar-refractivity contribution in [1.29, 1.82) is 0 Å². The Labute approximate surface area is 137 Å². The predicted octanol–water partition coefficient (Wildman–Crippen LogP) is 3.87. The number of carboxylic acids is 1. The van der Waals surface area contributed by atoms with E-state index in [9.17, 15) is 14.7 Å². The van der Waals surface area contributed by atoms with Crippen LogP contribution in [-0.4, -0.2) is 23.5 Å². The molecule has 0 aliphatic heterocycles. The summed E-state index contributed by atoms with van der Waals surface area (Å²) in [5.74, 6) is -1.10. The summed E-state index contributed by atoms with van der Waals surface area (Å²) in [6, 6.07) is 4.89. The Hall–Kier alpha value is -1.07. The van der Waals surface area contributed by atoms with Crippen molar-refractivity contribution in [2.24, 2.45) is 5.41 Å². The largest absolute Gasteiger partial charge is 0.481 e. The quantitative estimate of drug-likeness (QED) is 0.841. The summed E-state index contributed by atoms with van der Waals surface area (Å²) in [6.45, 7) is 0.168. The van der Waals surface area contributed by atoms with E-state index in [4.69, 9.17) is 11.6 Å². The molecule has 1 aliphatic rings. The summed E-state index contributed by atoms with van der Waals surface area (Å²) in [5.41, 5.74) is -0.361. The highest BCUT2D eigenvalue weighted by molar-refractivity contribution is 9.10. The predicted molar refractivity (Wildman–Crippen MR) is 84.6 cm³/mol. The number of hydrogen-bond acceptors (Lipinski definition) is 2. The van der Waals surface area contributed by atoms with E-state index in [1.165, 1.54) is 0 Å². The van der Waals surface area contributed by atoms with Crippen molar-refractivity contribution < 1.29 is 14.7 Å². The first-order valence-electron chi connectivity index (χ1n) is 6.91. The number of hydrogen-bond donors (Lipinski definition) is 2. The molecule has 1 amide bonds. The van der Waals surface area contributed by atoms with Crippen LogP contribution in [0.2, 0.25) is 5.02 Å². The van der Waals surface area contributed by atoms with E-state index in [-0.39, 0.29) is 12.5 Å². The molecule has 0 saturated heterocycles. The third-order valence-electron chi connectivity index (χ3n) is 4.03. The van der Waals surface area contributed by atoms with E-state index in [1.54, 1.807) is 18.2 Å². The summed E-state index contributed by atoms with van der Waals surface area (Å²) >= 11 is 9.16. The second-order valence-electron chi connectivity index (χ2n) is 5.46. The van der Waals surface area contributed by atoms with Crippen molar-refractivity contribution in [3.63, 3.8) is 0 Å². The van der Waals surface area contributed by atoms with Gasteiger partial charge in [-0.1, -0.05) is 30.9 Å². The maximum atomic E-state index is 12.1. The number of rotatable bonds is 4. The van der Waals surface area contributed by atoms with Crippen LogP contribution in [0.5, 0.6) is 0 Å². The molecule has 1 saturated carbocycles. The molecule has 1 aromatic carbocycles. The summed E-state index contributed by atoms with van der Waals surface area (Å²) in [4.78, 5) is 23.7. The van der Waals surface area contributed by atoms with Gasteiger partial charge in [-0.15, -0.1) is 0 Å². The molecule has 0 aromatic heterocycles. The lowest BCUT2D eigenvalue weighted by Crippen LogP contribution is -2.44. The van der Waals surface area contributed by atoms with Gasteiger partial charge in [0.15, 0.2) is 0 Å². The molecule has 2 rings (SSSR count). The van der Waals surface area contributed by atoms with Crippen molar-refractivity contribution in [1.82, 2.24) is 5.32 Å². The molecular formula is C15H17BrClNO3. The molecule has 4 nitrogen and oxygen atoms in total. The van der Waals surface area contributed by atoms with Gasteiger partial charge in [0.1, 0.15) is 0 Å². The molecule has 0 atom stereocenters.